The van der Waals surface area contributed by atoms with E-state index in [0.29, 0.717) is 11.1 Å². The lowest BCUT2D eigenvalue weighted by Crippen LogP contribution is -2.11. The van der Waals surface area contributed by atoms with Crippen LogP contribution in [0.5, 0.6) is 5.88 Å². The van der Waals surface area contributed by atoms with Crippen molar-refractivity contribution in [1.29, 1.82) is 0 Å². The van der Waals surface area contributed by atoms with Crippen molar-refractivity contribution in [3.8, 4) is 5.88 Å². The van der Waals surface area contributed by atoms with E-state index in [1.807, 2.05) is 0 Å². The van der Waals surface area contributed by atoms with Gasteiger partial charge in [-0.3, -0.25) is 4.79 Å². The highest BCUT2D eigenvalue weighted by Gasteiger charge is 2.15. The topological polar surface area (TPSA) is 81.4 Å². The lowest BCUT2D eigenvalue weighted by Gasteiger charge is -2.08. The van der Waals surface area contributed by atoms with Crippen LogP contribution in [0.4, 0.5) is 4.39 Å². The van der Waals surface area contributed by atoms with Gasteiger partial charge in [0.15, 0.2) is 11.5 Å². The van der Waals surface area contributed by atoms with Crippen molar-refractivity contribution < 1.29 is 23.8 Å². The van der Waals surface area contributed by atoms with Crippen molar-refractivity contribution in [3.63, 3.8) is 0 Å². The largest absolute Gasteiger partial charge is 0.476 e. The van der Waals surface area contributed by atoms with E-state index in [9.17, 15) is 14.0 Å². The molecule has 22 heavy (non-hydrogen) atoms. The number of aromatic carboxylic acids is 1. The second kappa shape index (κ2) is 6.38. The van der Waals surface area contributed by atoms with E-state index in [0.717, 1.165) is 0 Å². The number of carbonyl (C=O) groups is 2. The first kappa shape index (κ1) is 15.7. The number of Topliss-reactive ketones (excluding diaryl/α,β-unsaturated/α-hetero) is 1. The van der Waals surface area contributed by atoms with Crippen LogP contribution in [0.15, 0.2) is 24.3 Å². The molecule has 0 fully saturated rings. The Morgan fingerprint density at radius 3 is 2.68 bits per heavy atom. The Hall–Kier alpha value is -2.70. The maximum atomic E-state index is 13.5. The lowest BCUT2D eigenvalue weighted by atomic mass is 10.1. The van der Waals surface area contributed by atoms with Gasteiger partial charge in [0.2, 0.25) is 5.88 Å². The lowest BCUT2D eigenvalue weighted by molar-refractivity contribution is -0.117. The van der Waals surface area contributed by atoms with Crippen LogP contribution in [0.3, 0.4) is 0 Å². The number of rotatable bonds is 6. The predicted octanol–water partition coefficient (Wildman–Crippen LogP) is 2.20. The van der Waals surface area contributed by atoms with Crippen LogP contribution in [0, 0.1) is 12.7 Å². The average Bonchev–Trinajstić information content (AvgIpc) is 2.83. The van der Waals surface area contributed by atoms with Crippen molar-refractivity contribution in [2.24, 2.45) is 0 Å². The number of carboxylic acid groups (broad SMARTS) is 1. The first-order chi connectivity index (χ1) is 10.4. The zero-order valence-corrected chi connectivity index (χ0v) is 12.2. The first-order valence-electron chi connectivity index (χ1n) is 6.55. The van der Waals surface area contributed by atoms with E-state index < -0.39 is 5.97 Å². The number of aromatic nitrogens is 2. The van der Waals surface area contributed by atoms with Gasteiger partial charge in [0.05, 0.1) is 0 Å². The van der Waals surface area contributed by atoms with Gasteiger partial charge in [-0.15, -0.1) is 0 Å². The third kappa shape index (κ3) is 3.69. The minimum atomic E-state index is -1.21. The summed E-state index contributed by atoms with van der Waals surface area (Å²) < 4.78 is 20.1. The molecule has 0 saturated heterocycles. The molecule has 0 atom stereocenters. The Morgan fingerprint density at radius 2 is 2.09 bits per heavy atom. The summed E-state index contributed by atoms with van der Waals surface area (Å²) in [6, 6.07) is 5.92. The number of carbonyl (C=O) groups excluding carboxylic acids is 1. The van der Waals surface area contributed by atoms with E-state index in [4.69, 9.17) is 9.84 Å². The number of hydrogen-bond acceptors (Lipinski definition) is 4. The molecule has 0 spiro atoms. The normalized spacial score (nSPS) is 10.5. The Bertz CT molecular complexity index is 724. The van der Waals surface area contributed by atoms with Crippen molar-refractivity contribution in [2.75, 3.05) is 0 Å². The SMILES string of the molecule is CC(=O)Cn1nc(C(=O)O)cc1OCc1ccc(C)c(F)c1. The molecule has 7 heteroatoms. The molecule has 1 aromatic carbocycles. The second-order valence-electron chi connectivity index (χ2n) is 4.90. The summed E-state index contributed by atoms with van der Waals surface area (Å²) in [5.74, 6) is -1.60. The fraction of sp³-hybridized carbons (Fsp3) is 0.267. The average molecular weight is 306 g/mol. The van der Waals surface area contributed by atoms with Gasteiger partial charge in [-0.2, -0.15) is 5.10 Å². The number of aryl methyl sites for hydroxylation is 1. The number of benzene rings is 1. The molecule has 0 bridgehead atoms. The van der Waals surface area contributed by atoms with E-state index in [1.54, 1.807) is 19.1 Å². The Kier molecular flexibility index (Phi) is 4.55. The highest BCUT2D eigenvalue weighted by atomic mass is 19.1. The third-order valence-corrected chi connectivity index (χ3v) is 2.96. The number of ketones is 1. The van der Waals surface area contributed by atoms with Crippen LogP contribution in [-0.4, -0.2) is 26.6 Å². The zero-order chi connectivity index (χ0) is 16.3. The minimum Gasteiger partial charge on any atom is -0.476 e. The van der Waals surface area contributed by atoms with Crippen LogP contribution in [0.2, 0.25) is 0 Å². The fourth-order valence-electron chi connectivity index (χ4n) is 1.83. The van der Waals surface area contributed by atoms with Crippen molar-refractivity contribution >= 4 is 11.8 Å². The Labute approximate surface area is 126 Å². The number of nitrogens with zero attached hydrogens (tertiary/aromatic N) is 2. The number of carboxylic acids is 1. The summed E-state index contributed by atoms with van der Waals surface area (Å²) in [5.41, 5.74) is 0.903. The van der Waals surface area contributed by atoms with Crippen LogP contribution >= 0.6 is 0 Å². The minimum absolute atomic E-state index is 0.0415. The van der Waals surface area contributed by atoms with Gasteiger partial charge in [-0.1, -0.05) is 12.1 Å². The zero-order valence-electron chi connectivity index (χ0n) is 12.2. The predicted molar refractivity (Wildman–Crippen MR) is 75.3 cm³/mol. The van der Waals surface area contributed by atoms with E-state index in [2.05, 4.69) is 5.10 Å². The summed E-state index contributed by atoms with van der Waals surface area (Å²) in [7, 11) is 0. The van der Waals surface area contributed by atoms with E-state index >= 15 is 0 Å². The molecule has 0 saturated carbocycles. The smallest absolute Gasteiger partial charge is 0.356 e. The molecule has 0 amide bonds. The molecule has 0 aliphatic heterocycles. The molecule has 1 aromatic heterocycles. The van der Waals surface area contributed by atoms with Crippen LogP contribution in [0.25, 0.3) is 0 Å². The summed E-state index contributed by atoms with van der Waals surface area (Å²) >= 11 is 0. The maximum Gasteiger partial charge on any atom is 0.356 e. The Morgan fingerprint density at radius 1 is 1.36 bits per heavy atom. The summed E-state index contributed by atoms with van der Waals surface area (Å²) in [4.78, 5) is 22.1. The molecule has 6 nitrogen and oxygen atoms in total. The molecule has 2 aromatic rings. The molecule has 1 N–H and O–H groups in total. The van der Waals surface area contributed by atoms with Gasteiger partial charge < -0.3 is 9.84 Å². The molecule has 116 valence electrons. The molecule has 0 unspecified atom stereocenters. The standard InChI is InChI=1S/C15H15FN2O4/c1-9-3-4-11(5-12(9)16)8-22-14-6-13(15(20)21)17-18(14)7-10(2)19/h3-6H,7-8H2,1-2H3,(H,20,21). The van der Waals surface area contributed by atoms with Crippen LogP contribution in [0.1, 0.15) is 28.5 Å². The maximum absolute atomic E-state index is 13.5. The second-order valence-corrected chi connectivity index (χ2v) is 4.90. The van der Waals surface area contributed by atoms with Crippen molar-refractivity contribution in [1.82, 2.24) is 9.78 Å². The molecule has 2 rings (SSSR count). The molecular weight excluding hydrogens is 291 g/mol. The van der Waals surface area contributed by atoms with Crippen LogP contribution < -0.4 is 4.74 Å². The van der Waals surface area contributed by atoms with E-state index in [1.165, 1.54) is 23.7 Å². The monoisotopic (exact) mass is 306 g/mol. The van der Waals surface area contributed by atoms with Gasteiger partial charge in [0.1, 0.15) is 19.0 Å². The quantitative estimate of drug-likeness (QED) is 0.884. The fourth-order valence-corrected chi connectivity index (χ4v) is 1.83. The van der Waals surface area contributed by atoms with Crippen molar-refractivity contribution in [3.05, 3.63) is 46.9 Å². The Balaban J connectivity index is 2.18. The summed E-state index contributed by atoms with van der Waals surface area (Å²) in [6.07, 6.45) is 0. The summed E-state index contributed by atoms with van der Waals surface area (Å²) in [6.45, 7) is 2.97. The number of hydrogen-bond donors (Lipinski definition) is 1. The number of ether oxygens (including phenoxy) is 1. The first-order valence-corrected chi connectivity index (χ1v) is 6.55. The van der Waals surface area contributed by atoms with E-state index in [-0.39, 0.29) is 36.3 Å². The summed E-state index contributed by atoms with van der Waals surface area (Å²) in [5, 5.41) is 12.7. The molecule has 1 heterocycles. The van der Waals surface area contributed by atoms with Crippen molar-refractivity contribution in [2.45, 2.75) is 27.0 Å². The highest BCUT2D eigenvalue weighted by molar-refractivity contribution is 5.85. The molecule has 0 radical (unpaired) electrons. The molecule has 0 aliphatic carbocycles. The van der Waals surface area contributed by atoms with Gasteiger partial charge >= 0.3 is 5.97 Å². The van der Waals surface area contributed by atoms with Gasteiger partial charge in [0, 0.05) is 6.07 Å². The molecule has 0 aliphatic rings. The molecular formula is C15H15FN2O4. The highest BCUT2D eigenvalue weighted by Crippen LogP contribution is 2.17. The van der Waals surface area contributed by atoms with Gasteiger partial charge in [0.25, 0.3) is 0 Å². The van der Waals surface area contributed by atoms with Gasteiger partial charge in [-0.25, -0.2) is 13.9 Å². The number of halogens is 1. The third-order valence-electron chi connectivity index (χ3n) is 2.96. The van der Waals surface area contributed by atoms with Gasteiger partial charge in [-0.05, 0) is 31.0 Å². The van der Waals surface area contributed by atoms with Crippen LogP contribution in [-0.2, 0) is 17.9 Å².